The lowest BCUT2D eigenvalue weighted by Gasteiger charge is -2.26. The molecule has 0 radical (unpaired) electrons. The van der Waals surface area contributed by atoms with Crippen LogP contribution < -0.4 is 11.1 Å². The normalized spacial score (nSPS) is 15.6. The quantitative estimate of drug-likeness (QED) is 0.617. The van der Waals surface area contributed by atoms with Crippen LogP contribution in [0.1, 0.15) is 26.7 Å². The molecule has 6 heteroatoms. The van der Waals surface area contributed by atoms with Crippen LogP contribution in [0.15, 0.2) is 12.1 Å². The predicted molar refractivity (Wildman–Crippen MR) is 65.7 cm³/mol. The Kier molecular flexibility index (Phi) is 2.65. The fourth-order valence-electron chi connectivity index (χ4n) is 1.94. The van der Waals surface area contributed by atoms with Crippen molar-refractivity contribution in [1.29, 1.82) is 0 Å². The van der Waals surface area contributed by atoms with Gasteiger partial charge in [-0.25, -0.2) is 4.98 Å². The first-order chi connectivity index (χ1) is 7.88. The van der Waals surface area contributed by atoms with E-state index < -0.39 is 4.92 Å². The van der Waals surface area contributed by atoms with Crippen LogP contribution >= 0.6 is 0 Å². The third-order valence-electron chi connectivity index (χ3n) is 3.09. The van der Waals surface area contributed by atoms with Crippen molar-refractivity contribution >= 4 is 17.3 Å². The number of nitrogens with one attached hydrogen (secondary N) is 1. The first-order valence-electron chi connectivity index (χ1n) is 5.58. The minimum atomic E-state index is -0.465. The van der Waals surface area contributed by atoms with E-state index in [2.05, 4.69) is 24.1 Å². The van der Waals surface area contributed by atoms with Gasteiger partial charge < -0.3 is 11.1 Å². The second-order valence-electron chi connectivity index (χ2n) is 5.01. The van der Waals surface area contributed by atoms with Crippen molar-refractivity contribution in [3.05, 3.63) is 22.2 Å². The molecular formula is C11H16N4O2. The van der Waals surface area contributed by atoms with E-state index in [0.717, 1.165) is 0 Å². The molecule has 0 bridgehead atoms. The number of nitro groups is 1. The molecule has 1 fully saturated rings. The number of nitrogens with zero attached hydrogens (tertiary/aromatic N) is 2. The molecule has 1 aromatic heterocycles. The number of hydrogen-bond acceptors (Lipinski definition) is 5. The molecule has 2 rings (SSSR count). The second kappa shape index (κ2) is 3.87. The molecule has 1 heterocycles. The van der Waals surface area contributed by atoms with Crippen LogP contribution in [0.5, 0.6) is 0 Å². The zero-order chi connectivity index (χ0) is 12.6. The number of aromatic nitrogens is 1. The number of nitrogen functional groups attached to an aromatic ring is 1. The lowest BCUT2D eigenvalue weighted by Crippen LogP contribution is -2.33. The van der Waals surface area contributed by atoms with Gasteiger partial charge in [0.05, 0.1) is 17.1 Å². The summed E-state index contributed by atoms with van der Waals surface area (Å²) >= 11 is 0. The molecular weight excluding hydrogens is 220 g/mol. The minimum Gasteiger partial charge on any atom is -0.383 e. The maximum atomic E-state index is 10.7. The van der Waals surface area contributed by atoms with Crippen LogP contribution in [0.2, 0.25) is 0 Å². The lowest BCUT2D eigenvalue weighted by molar-refractivity contribution is -0.384. The summed E-state index contributed by atoms with van der Waals surface area (Å²) in [7, 11) is 0. The van der Waals surface area contributed by atoms with Crippen LogP contribution in [0, 0.1) is 16.0 Å². The van der Waals surface area contributed by atoms with Crippen molar-refractivity contribution in [3.63, 3.8) is 0 Å². The van der Waals surface area contributed by atoms with E-state index in [9.17, 15) is 10.1 Å². The number of hydrogen-bond donors (Lipinski definition) is 2. The molecule has 3 N–H and O–H groups in total. The van der Waals surface area contributed by atoms with Crippen LogP contribution in [-0.2, 0) is 0 Å². The van der Waals surface area contributed by atoms with Gasteiger partial charge >= 0.3 is 0 Å². The summed E-state index contributed by atoms with van der Waals surface area (Å²) in [5.74, 6) is 1.23. The standard InChI is InChI=1S/C11H16N4O2/c1-11(2,7-3-4-7)14-10-6-8(15(16)17)5-9(12)13-10/h5-7H,3-4H2,1-2H3,(H3,12,13,14). The van der Waals surface area contributed by atoms with Crippen molar-refractivity contribution in [2.75, 3.05) is 11.1 Å². The summed E-state index contributed by atoms with van der Waals surface area (Å²) in [4.78, 5) is 14.3. The van der Waals surface area contributed by atoms with Crippen molar-refractivity contribution in [2.45, 2.75) is 32.2 Å². The highest BCUT2D eigenvalue weighted by Gasteiger charge is 2.38. The van der Waals surface area contributed by atoms with Gasteiger partial charge in [-0.15, -0.1) is 0 Å². The first-order valence-corrected chi connectivity index (χ1v) is 5.58. The molecule has 0 amide bonds. The molecule has 0 spiro atoms. The topological polar surface area (TPSA) is 94.1 Å². The van der Waals surface area contributed by atoms with Gasteiger partial charge in [0.15, 0.2) is 0 Å². The van der Waals surface area contributed by atoms with Crippen LogP contribution in [0.4, 0.5) is 17.3 Å². The summed E-state index contributed by atoms with van der Waals surface area (Å²) in [6.45, 7) is 4.14. The summed E-state index contributed by atoms with van der Waals surface area (Å²) in [6.07, 6.45) is 2.37. The fourth-order valence-corrected chi connectivity index (χ4v) is 1.94. The van der Waals surface area contributed by atoms with E-state index in [1.165, 1.54) is 25.0 Å². The Labute approximate surface area is 99.4 Å². The highest BCUT2D eigenvalue weighted by atomic mass is 16.6. The highest BCUT2D eigenvalue weighted by molar-refractivity contribution is 5.53. The molecule has 1 saturated carbocycles. The van der Waals surface area contributed by atoms with Gasteiger partial charge in [0, 0.05) is 5.54 Å². The Morgan fingerprint density at radius 2 is 2.18 bits per heavy atom. The summed E-state index contributed by atoms with van der Waals surface area (Å²) in [5.41, 5.74) is 5.41. The van der Waals surface area contributed by atoms with Gasteiger partial charge in [0.1, 0.15) is 11.6 Å². The molecule has 6 nitrogen and oxygen atoms in total. The molecule has 0 saturated heterocycles. The number of nitrogens with two attached hydrogens (primary N) is 1. The highest BCUT2D eigenvalue weighted by Crippen LogP contribution is 2.41. The zero-order valence-corrected chi connectivity index (χ0v) is 9.93. The number of anilines is 2. The SMILES string of the molecule is CC(C)(Nc1cc([N+](=O)[O-])cc(N)n1)C1CC1. The molecule has 92 valence electrons. The van der Waals surface area contributed by atoms with Gasteiger partial charge in [0.25, 0.3) is 5.69 Å². The van der Waals surface area contributed by atoms with E-state index in [1.54, 1.807) is 0 Å². The molecule has 1 aliphatic rings. The molecule has 1 aliphatic carbocycles. The molecule has 0 aromatic carbocycles. The van der Waals surface area contributed by atoms with E-state index in [4.69, 9.17) is 5.73 Å². The lowest BCUT2D eigenvalue weighted by atomic mass is 9.99. The van der Waals surface area contributed by atoms with E-state index in [1.807, 2.05) is 0 Å². The summed E-state index contributed by atoms with van der Waals surface area (Å²) in [6, 6.07) is 2.68. The summed E-state index contributed by atoms with van der Waals surface area (Å²) < 4.78 is 0. The van der Waals surface area contributed by atoms with Crippen LogP contribution in [0.25, 0.3) is 0 Å². The van der Waals surface area contributed by atoms with Gasteiger partial charge in [0.2, 0.25) is 0 Å². The third-order valence-corrected chi connectivity index (χ3v) is 3.09. The maximum absolute atomic E-state index is 10.7. The van der Waals surface area contributed by atoms with E-state index >= 15 is 0 Å². The molecule has 0 atom stereocenters. The van der Waals surface area contributed by atoms with Crippen LogP contribution in [-0.4, -0.2) is 15.4 Å². The third kappa shape index (κ3) is 2.64. The van der Waals surface area contributed by atoms with Gasteiger partial charge in [-0.05, 0) is 32.6 Å². The largest absolute Gasteiger partial charge is 0.383 e. The predicted octanol–water partition coefficient (Wildman–Crippen LogP) is 2.17. The van der Waals surface area contributed by atoms with Crippen molar-refractivity contribution < 1.29 is 4.92 Å². The average Bonchev–Trinajstić information content (AvgIpc) is 2.98. The van der Waals surface area contributed by atoms with Crippen molar-refractivity contribution in [3.8, 4) is 0 Å². The number of pyridine rings is 1. The Bertz CT molecular complexity index is 455. The molecule has 0 aliphatic heterocycles. The average molecular weight is 236 g/mol. The van der Waals surface area contributed by atoms with Crippen molar-refractivity contribution in [1.82, 2.24) is 4.98 Å². The maximum Gasteiger partial charge on any atom is 0.276 e. The van der Waals surface area contributed by atoms with Gasteiger partial charge in [-0.1, -0.05) is 0 Å². The minimum absolute atomic E-state index is 0.0356. The van der Waals surface area contributed by atoms with Gasteiger partial charge in [-0.2, -0.15) is 0 Å². The van der Waals surface area contributed by atoms with Crippen LogP contribution in [0.3, 0.4) is 0 Å². The smallest absolute Gasteiger partial charge is 0.276 e. The number of rotatable bonds is 4. The Balaban J connectivity index is 2.23. The van der Waals surface area contributed by atoms with E-state index in [-0.39, 0.29) is 17.0 Å². The van der Waals surface area contributed by atoms with E-state index in [0.29, 0.717) is 11.7 Å². The monoisotopic (exact) mass is 236 g/mol. The van der Waals surface area contributed by atoms with Crippen molar-refractivity contribution in [2.24, 2.45) is 5.92 Å². The second-order valence-corrected chi connectivity index (χ2v) is 5.01. The zero-order valence-electron chi connectivity index (χ0n) is 9.93. The Morgan fingerprint density at radius 3 is 2.71 bits per heavy atom. The Morgan fingerprint density at radius 1 is 1.53 bits per heavy atom. The fraction of sp³-hybridized carbons (Fsp3) is 0.545. The van der Waals surface area contributed by atoms with Gasteiger partial charge in [-0.3, -0.25) is 10.1 Å². The molecule has 0 unspecified atom stereocenters. The molecule has 17 heavy (non-hydrogen) atoms. The molecule has 1 aromatic rings. The summed E-state index contributed by atoms with van der Waals surface area (Å²) in [5, 5.41) is 13.9. The first kappa shape index (κ1) is 11.6. The Hall–Kier alpha value is -1.85.